The quantitative estimate of drug-likeness (QED) is 0.496. The molecule has 8 heteroatoms. The Hall–Kier alpha value is -2.87. The lowest BCUT2D eigenvalue weighted by Crippen LogP contribution is -2.50. The lowest BCUT2D eigenvalue weighted by atomic mass is 10.2. The monoisotopic (exact) mass is 358 g/mol. The molecule has 0 amide bonds. The van der Waals surface area contributed by atoms with E-state index in [0.29, 0.717) is 37.0 Å². The topological polar surface area (TPSA) is 81.9 Å². The minimum Gasteiger partial charge on any atom is -0.506 e. The fourth-order valence-electron chi connectivity index (χ4n) is 2.81. The van der Waals surface area contributed by atoms with Gasteiger partial charge in [-0.25, -0.2) is 0 Å². The molecule has 3 rings (SSSR count). The van der Waals surface area contributed by atoms with Gasteiger partial charge in [0.1, 0.15) is 11.4 Å². The van der Waals surface area contributed by atoms with Crippen LogP contribution in [0.3, 0.4) is 0 Å². The van der Waals surface area contributed by atoms with Crippen LogP contribution in [0.2, 0.25) is 0 Å². The van der Waals surface area contributed by atoms with E-state index in [-0.39, 0.29) is 11.4 Å². The fraction of sp³-hybridized carbons (Fsp3) is 0.235. The second-order valence-electron chi connectivity index (χ2n) is 5.67. The highest BCUT2D eigenvalue weighted by molar-refractivity contribution is 7.80. The Morgan fingerprint density at radius 2 is 1.72 bits per heavy atom. The number of nitrogens with zero attached hydrogens (tertiary/aromatic N) is 3. The van der Waals surface area contributed by atoms with E-state index < -0.39 is 4.92 Å². The molecule has 0 radical (unpaired) electrons. The van der Waals surface area contributed by atoms with Gasteiger partial charge >= 0.3 is 0 Å². The molecule has 0 aromatic heterocycles. The first-order valence-corrected chi connectivity index (χ1v) is 8.29. The first-order valence-electron chi connectivity index (χ1n) is 7.88. The van der Waals surface area contributed by atoms with Crippen LogP contribution in [0.15, 0.2) is 48.5 Å². The molecular formula is C17H18N4O3S. The summed E-state index contributed by atoms with van der Waals surface area (Å²) in [6, 6.07) is 13.7. The van der Waals surface area contributed by atoms with Gasteiger partial charge in [-0.15, -0.1) is 0 Å². The molecule has 7 nitrogen and oxygen atoms in total. The summed E-state index contributed by atoms with van der Waals surface area (Å²) in [7, 11) is 0. The zero-order valence-corrected chi connectivity index (χ0v) is 14.3. The number of phenolic OH excluding ortho intramolecular Hbond substituents is 1. The van der Waals surface area contributed by atoms with Crippen molar-refractivity contribution in [3.8, 4) is 5.75 Å². The highest BCUT2D eigenvalue weighted by Gasteiger charge is 2.22. The van der Waals surface area contributed by atoms with Crippen molar-refractivity contribution in [2.75, 3.05) is 36.4 Å². The molecule has 0 saturated carbocycles. The van der Waals surface area contributed by atoms with Gasteiger partial charge in [0.25, 0.3) is 5.69 Å². The molecule has 0 aliphatic carbocycles. The molecule has 0 unspecified atom stereocenters. The van der Waals surface area contributed by atoms with Gasteiger partial charge in [0.05, 0.1) is 10.6 Å². The lowest BCUT2D eigenvalue weighted by Gasteiger charge is -2.37. The Morgan fingerprint density at radius 1 is 1.08 bits per heavy atom. The third kappa shape index (κ3) is 3.80. The molecule has 25 heavy (non-hydrogen) atoms. The van der Waals surface area contributed by atoms with Crippen LogP contribution >= 0.6 is 12.2 Å². The number of nitrogens with one attached hydrogen (secondary N) is 1. The largest absolute Gasteiger partial charge is 0.506 e. The van der Waals surface area contributed by atoms with E-state index in [4.69, 9.17) is 12.2 Å². The summed E-state index contributed by atoms with van der Waals surface area (Å²) in [6.07, 6.45) is 0. The average molecular weight is 358 g/mol. The first-order chi connectivity index (χ1) is 12.1. The van der Waals surface area contributed by atoms with Crippen LogP contribution < -0.4 is 10.2 Å². The summed E-state index contributed by atoms with van der Waals surface area (Å²) in [5.74, 6) is 0.261. The number of benzene rings is 2. The third-order valence-electron chi connectivity index (χ3n) is 4.13. The highest BCUT2D eigenvalue weighted by atomic mass is 32.1. The minimum atomic E-state index is -0.429. The molecule has 130 valence electrons. The van der Waals surface area contributed by atoms with Crippen molar-refractivity contribution in [3.05, 3.63) is 58.6 Å². The Labute approximate surface area is 150 Å². The van der Waals surface area contributed by atoms with E-state index in [1.165, 1.54) is 6.07 Å². The molecule has 1 aliphatic rings. The van der Waals surface area contributed by atoms with E-state index >= 15 is 0 Å². The molecule has 1 heterocycles. The number of hydrogen-bond donors (Lipinski definition) is 2. The predicted octanol–water partition coefficient (Wildman–Crippen LogP) is 2.82. The van der Waals surface area contributed by atoms with Gasteiger partial charge in [0, 0.05) is 32.2 Å². The number of nitro groups is 1. The molecular weight excluding hydrogens is 340 g/mol. The summed E-state index contributed by atoms with van der Waals surface area (Å²) in [5, 5.41) is 24.5. The fourth-order valence-corrected chi connectivity index (χ4v) is 3.11. The van der Waals surface area contributed by atoms with E-state index in [0.717, 1.165) is 5.69 Å². The number of rotatable bonds is 3. The summed E-state index contributed by atoms with van der Waals surface area (Å²) in [5.41, 5.74) is 1.19. The molecule has 0 spiro atoms. The number of para-hydroxylation sites is 4. The zero-order chi connectivity index (χ0) is 17.8. The van der Waals surface area contributed by atoms with Crippen molar-refractivity contribution in [2.45, 2.75) is 0 Å². The minimum absolute atomic E-state index is 0.00214. The van der Waals surface area contributed by atoms with Crippen LogP contribution in [0.25, 0.3) is 0 Å². The molecule has 2 aromatic carbocycles. The Kier molecular flexibility index (Phi) is 4.99. The van der Waals surface area contributed by atoms with Gasteiger partial charge in [-0.1, -0.05) is 24.3 Å². The number of aromatic hydroxyl groups is 1. The van der Waals surface area contributed by atoms with Crippen LogP contribution in [0.1, 0.15) is 0 Å². The molecule has 0 bridgehead atoms. The Balaban J connectivity index is 1.63. The Morgan fingerprint density at radius 3 is 2.40 bits per heavy atom. The number of phenols is 1. The first kappa shape index (κ1) is 17.0. The maximum atomic E-state index is 11.1. The third-order valence-corrected chi connectivity index (χ3v) is 4.49. The number of hydrogen-bond acceptors (Lipinski definition) is 5. The highest BCUT2D eigenvalue weighted by Crippen LogP contribution is 2.28. The molecule has 2 aromatic rings. The summed E-state index contributed by atoms with van der Waals surface area (Å²) in [4.78, 5) is 14.7. The van der Waals surface area contributed by atoms with Crippen molar-refractivity contribution >= 4 is 34.4 Å². The van der Waals surface area contributed by atoms with Crippen LogP contribution in [-0.4, -0.2) is 46.2 Å². The van der Waals surface area contributed by atoms with Gasteiger partial charge in [0.2, 0.25) is 0 Å². The number of anilines is 2. The molecule has 1 fully saturated rings. The summed E-state index contributed by atoms with van der Waals surface area (Å²) < 4.78 is 0. The number of piperazine rings is 1. The molecule has 1 saturated heterocycles. The van der Waals surface area contributed by atoms with Crippen LogP contribution in [0.4, 0.5) is 17.1 Å². The normalized spacial score (nSPS) is 14.2. The zero-order valence-electron chi connectivity index (χ0n) is 13.5. The van der Waals surface area contributed by atoms with Crippen molar-refractivity contribution in [1.29, 1.82) is 0 Å². The van der Waals surface area contributed by atoms with E-state index in [9.17, 15) is 15.2 Å². The SMILES string of the molecule is O=[N+]([O-])c1ccccc1NC(=S)N1CCN(c2ccccc2O)CC1. The van der Waals surface area contributed by atoms with Crippen molar-refractivity contribution < 1.29 is 10.0 Å². The maximum Gasteiger partial charge on any atom is 0.292 e. The summed E-state index contributed by atoms with van der Waals surface area (Å²) in [6.45, 7) is 2.74. The maximum absolute atomic E-state index is 11.1. The average Bonchev–Trinajstić information content (AvgIpc) is 2.62. The molecule has 1 aliphatic heterocycles. The van der Waals surface area contributed by atoms with Gasteiger partial charge in [0.15, 0.2) is 5.11 Å². The van der Waals surface area contributed by atoms with E-state index in [1.807, 2.05) is 17.0 Å². The number of thiocarbonyl (C=S) groups is 1. The van der Waals surface area contributed by atoms with Crippen molar-refractivity contribution in [3.63, 3.8) is 0 Å². The second kappa shape index (κ2) is 7.35. The lowest BCUT2D eigenvalue weighted by molar-refractivity contribution is -0.383. The van der Waals surface area contributed by atoms with Crippen LogP contribution in [0, 0.1) is 10.1 Å². The molecule has 2 N–H and O–H groups in total. The van der Waals surface area contributed by atoms with Gasteiger partial charge < -0.3 is 20.2 Å². The van der Waals surface area contributed by atoms with Crippen molar-refractivity contribution in [2.24, 2.45) is 0 Å². The van der Waals surface area contributed by atoms with E-state index in [1.54, 1.807) is 30.3 Å². The molecule has 0 atom stereocenters. The standard InChI is InChI=1S/C17H18N4O3S/c22-16-8-4-3-7-15(16)19-9-11-20(12-10-19)17(25)18-13-5-1-2-6-14(13)21(23)24/h1-8,22H,9-12H2,(H,18,25). The van der Waals surface area contributed by atoms with Gasteiger partial charge in [-0.2, -0.15) is 0 Å². The van der Waals surface area contributed by atoms with Gasteiger partial charge in [-0.3, -0.25) is 10.1 Å². The predicted molar refractivity (Wildman–Crippen MR) is 101 cm³/mol. The van der Waals surface area contributed by atoms with Crippen LogP contribution in [-0.2, 0) is 0 Å². The van der Waals surface area contributed by atoms with Crippen LogP contribution in [0.5, 0.6) is 5.75 Å². The second-order valence-corrected chi connectivity index (χ2v) is 6.05. The smallest absolute Gasteiger partial charge is 0.292 e. The Bertz CT molecular complexity index is 791. The van der Waals surface area contributed by atoms with Gasteiger partial charge in [-0.05, 0) is 30.4 Å². The number of nitro benzene ring substituents is 1. The van der Waals surface area contributed by atoms with E-state index in [2.05, 4.69) is 10.2 Å². The van der Waals surface area contributed by atoms with Crippen molar-refractivity contribution in [1.82, 2.24) is 4.90 Å². The summed E-state index contributed by atoms with van der Waals surface area (Å²) >= 11 is 5.41.